The lowest BCUT2D eigenvalue weighted by Gasteiger charge is -2.44. The van der Waals surface area contributed by atoms with Gasteiger partial charge in [0.1, 0.15) is 0 Å². The van der Waals surface area contributed by atoms with Gasteiger partial charge in [-0.15, -0.1) is 11.3 Å². The molecule has 0 spiro atoms. The Morgan fingerprint density at radius 3 is 2.80 bits per heavy atom. The Bertz CT molecular complexity index is 323. The van der Waals surface area contributed by atoms with Crippen molar-refractivity contribution in [1.29, 1.82) is 0 Å². The molecule has 1 nitrogen and oxygen atoms in total. The van der Waals surface area contributed by atoms with Crippen LogP contribution in [0.4, 0.5) is 0 Å². The molecule has 3 unspecified atom stereocenters. The highest BCUT2D eigenvalue weighted by atomic mass is 79.9. The van der Waals surface area contributed by atoms with Gasteiger partial charge in [0.05, 0.1) is 3.79 Å². The van der Waals surface area contributed by atoms with E-state index in [4.69, 9.17) is 0 Å². The van der Waals surface area contributed by atoms with Crippen molar-refractivity contribution in [2.24, 2.45) is 5.92 Å². The van der Waals surface area contributed by atoms with Crippen molar-refractivity contribution in [1.82, 2.24) is 5.32 Å². The zero-order chi connectivity index (χ0) is 10.8. The summed E-state index contributed by atoms with van der Waals surface area (Å²) in [4.78, 5) is 1.56. The van der Waals surface area contributed by atoms with E-state index in [1.54, 1.807) is 4.88 Å². The monoisotopic (exact) mass is 287 g/mol. The third kappa shape index (κ3) is 2.29. The molecule has 84 valence electrons. The summed E-state index contributed by atoms with van der Waals surface area (Å²) in [7, 11) is 0. The second-order valence-electron chi connectivity index (χ2n) is 4.22. The Morgan fingerprint density at radius 1 is 1.47 bits per heavy atom. The molecule has 0 bridgehead atoms. The summed E-state index contributed by atoms with van der Waals surface area (Å²) in [6.07, 6.45) is 2.61. The van der Waals surface area contributed by atoms with Crippen LogP contribution in [0.5, 0.6) is 0 Å². The summed E-state index contributed by atoms with van der Waals surface area (Å²) in [5, 5.41) is 3.58. The lowest BCUT2D eigenvalue weighted by atomic mass is 9.67. The van der Waals surface area contributed by atoms with Crippen molar-refractivity contribution in [3.63, 3.8) is 0 Å². The van der Waals surface area contributed by atoms with Crippen LogP contribution in [0.25, 0.3) is 0 Å². The van der Waals surface area contributed by atoms with E-state index in [1.807, 2.05) is 11.3 Å². The molecule has 1 fully saturated rings. The molecule has 1 heterocycles. The molecule has 0 aromatic carbocycles. The van der Waals surface area contributed by atoms with Crippen LogP contribution >= 0.6 is 27.3 Å². The van der Waals surface area contributed by atoms with Crippen molar-refractivity contribution in [3.8, 4) is 0 Å². The minimum absolute atomic E-state index is 0.755. The number of halogens is 1. The first-order valence-electron chi connectivity index (χ1n) is 5.74. The molecule has 0 radical (unpaired) electrons. The van der Waals surface area contributed by atoms with Gasteiger partial charge in [0.15, 0.2) is 0 Å². The molecule has 3 atom stereocenters. The molecule has 1 aliphatic rings. The predicted octanol–water partition coefficient (Wildman–Crippen LogP) is 4.00. The van der Waals surface area contributed by atoms with Gasteiger partial charge in [-0.25, -0.2) is 0 Å². The van der Waals surface area contributed by atoms with Crippen LogP contribution in [0.15, 0.2) is 15.9 Å². The molecular formula is C12H18BrNS. The van der Waals surface area contributed by atoms with Crippen LogP contribution in [-0.2, 0) is 0 Å². The van der Waals surface area contributed by atoms with Gasteiger partial charge in [-0.3, -0.25) is 0 Å². The molecule has 1 N–H and O–H groups in total. The van der Waals surface area contributed by atoms with E-state index >= 15 is 0 Å². The Labute approximate surface area is 104 Å². The fourth-order valence-electron chi connectivity index (χ4n) is 2.63. The topological polar surface area (TPSA) is 12.0 Å². The average Bonchev–Trinajstić information content (AvgIpc) is 2.59. The van der Waals surface area contributed by atoms with Crippen molar-refractivity contribution in [2.45, 2.75) is 38.6 Å². The molecule has 1 aromatic heterocycles. The highest BCUT2D eigenvalue weighted by molar-refractivity contribution is 9.11. The Morgan fingerprint density at radius 2 is 2.27 bits per heavy atom. The Balaban J connectivity index is 2.01. The van der Waals surface area contributed by atoms with Crippen LogP contribution in [0.2, 0.25) is 0 Å². The third-order valence-electron chi connectivity index (χ3n) is 3.44. The SMILES string of the molecule is CCNC1CC(c2ccc(Br)s2)C1CC. The van der Waals surface area contributed by atoms with Crippen LogP contribution in [0.1, 0.15) is 37.5 Å². The van der Waals surface area contributed by atoms with E-state index in [9.17, 15) is 0 Å². The molecule has 0 aliphatic heterocycles. The highest BCUT2D eigenvalue weighted by Crippen LogP contribution is 2.47. The van der Waals surface area contributed by atoms with E-state index in [0.29, 0.717) is 0 Å². The second-order valence-corrected chi connectivity index (χ2v) is 6.71. The fourth-order valence-corrected chi connectivity index (χ4v) is 4.24. The summed E-state index contributed by atoms with van der Waals surface area (Å²) >= 11 is 5.44. The molecular weight excluding hydrogens is 270 g/mol. The number of thiophene rings is 1. The molecule has 1 saturated carbocycles. The smallest absolute Gasteiger partial charge is 0.0701 e. The maximum absolute atomic E-state index is 3.58. The van der Waals surface area contributed by atoms with Crippen molar-refractivity contribution in [3.05, 3.63) is 20.8 Å². The van der Waals surface area contributed by atoms with Gasteiger partial charge in [0, 0.05) is 10.9 Å². The first-order chi connectivity index (χ1) is 7.26. The van der Waals surface area contributed by atoms with Crippen LogP contribution in [0, 0.1) is 5.92 Å². The van der Waals surface area contributed by atoms with Gasteiger partial charge < -0.3 is 5.32 Å². The quantitative estimate of drug-likeness (QED) is 0.883. The summed E-state index contributed by atoms with van der Waals surface area (Å²) < 4.78 is 1.26. The summed E-state index contributed by atoms with van der Waals surface area (Å²) in [5.74, 6) is 1.64. The van der Waals surface area contributed by atoms with Gasteiger partial charge in [-0.05, 0) is 52.9 Å². The Kier molecular flexibility index (Phi) is 3.86. The largest absolute Gasteiger partial charge is 0.314 e. The number of hydrogen-bond donors (Lipinski definition) is 1. The lowest BCUT2D eigenvalue weighted by Crippen LogP contribution is -2.48. The predicted molar refractivity (Wildman–Crippen MR) is 70.6 cm³/mol. The molecule has 1 aliphatic carbocycles. The van der Waals surface area contributed by atoms with E-state index in [-0.39, 0.29) is 0 Å². The summed E-state index contributed by atoms with van der Waals surface area (Å²) in [6.45, 7) is 5.60. The lowest BCUT2D eigenvalue weighted by molar-refractivity contribution is 0.165. The molecule has 0 amide bonds. The fraction of sp³-hybridized carbons (Fsp3) is 0.667. The van der Waals surface area contributed by atoms with Crippen molar-refractivity contribution >= 4 is 27.3 Å². The molecule has 3 heteroatoms. The maximum Gasteiger partial charge on any atom is 0.0701 e. The van der Waals surface area contributed by atoms with Crippen LogP contribution in [-0.4, -0.2) is 12.6 Å². The minimum Gasteiger partial charge on any atom is -0.314 e. The second kappa shape index (κ2) is 4.98. The van der Waals surface area contributed by atoms with Crippen molar-refractivity contribution in [2.75, 3.05) is 6.54 Å². The van der Waals surface area contributed by atoms with E-state index in [1.165, 1.54) is 16.6 Å². The molecule has 15 heavy (non-hydrogen) atoms. The maximum atomic E-state index is 3.58. The van der Waals surface area contributed by atoms with Crippen LogP contribution in [0.3, 0.4) is 0 Å². The number of nitrogens with one attached hydrogen (secondary N) is 1. The summed E-state index contributed by atoms with van der Waals surface area (Å²) in [5.41, 5.74) is 0. The minimum atomic E-state index is 0.755. The zero-order valence-corrected chi connectivity index (χ0v) is 11.7. The van der Waals surface area contributed by atoms with Gasteiger partial charge >= 0.3 is 0 Å². The van der Waals surface area contributed by atoms with Gasteiger partial charge in [0.2, 0.25) is 0 Å². The normalized spacial score (nSPS) is 30.2. The van der Waals surface area contributed by atoms with E-state index in [0.717, 1.165) is 24.4 Å². The first kappa shape index (κ1) is 11.6. The summed E-state index contributed by atoms with van der Waals surface area (Å²) in [6, 6.07) is 5.21. The molecule has 0 saturated heterocycles. The van der Waals surface area contributed by atoms with Gasteiger partial charge in [-0.2, -0.15) is 0 Å². The average molecular weight is 288 g/mol. The molecule has 2 rings (SSSR count). The van der Waals surface area contributed by atoms with Crippen LogP contribution < -0.4 is 5.32 Å². The standard InChI is InChI=1S/C12H18BrNS/c1-3-8-9(7-10(8)14-4-2)11-5-6-12(13)15-11/h5-6,8-10,14H,3-4,7H2,1-2H3. The van der Waals surface area contributed by atoms with E-state index in [2.05, 4.69) is 47.2 Å². The third-order valence-corrected chi connectivity index (χ3v) is 5.19. The molecule has 1 aromatic rings. The van der Waals surface area contributed by atoms with E-state index < -0.39 is 0 Å². The van der Waals surface area contributed by atoms with Gasteiger partial charge in [-0.1, -0.05) is 20.3 Å². The van der Waals surface area contributed by atoms with Crippen molar-refractivity contribution < 1.29 is 0 Å². The number of rotatable bonds is 4. The Hall–Kier alpha value is 0.140. The first-order valence-corrected chi connectivity index (χ1v) is 7.35. The number of hydrogen-bond acceptors (Lipinski definition) is 2. The highest BCUT2D eigenvalue weighted by Gasteiger charge is 2.40. The zero-order valence-electron chi connectivity index (χ0n) is 9.29. The van der Waals surface area contributed by atoms with Gasteiger partial charge in [0.25, 0.3) is 0 Å².